The fraction of sp³-hybridized carbons (Fsp3) is 0.0769. The van der Waals surface area contributed by atoms with Gasteiger partial charge in [-0.3, -0.25) is 0 Å². The summed E-state index contributed by atoms with van der Waals surface area (Å²) in [5.74, 6) is 1.73. The van der Waals surface area contributed by atoms with Gasteiger partial charge in [0.05, 0.1) is 22.7 Å². The maximum atomic E-state index is 6.96. The van der Waals surface area contributed by atoms with E-state index in [2.05, 4.69) is 206 Å². The molecule has 0 aromatic heterocycles. The summed E-state index contributed by atoms with van der Waals surface area (Å²) in [6.45, 7) is 6.88. The van der Waals surface area contributed by atoms with Crippen molar-refractivity contribution in [3.8, 4) is 22.6 Å². The molecule has 3 nitrogen and oxygen atoms in total. The van der Waals surface area contributed by atoms with E-state index in [4.69, 9.17) is 4.74 Å². The molecule has 0 radical (unpaired) electrons. The number of para-hydroxylation sites is 2. The third kappa shape index (κ3) is 4.69. The van der Waals surface area contributed by atoms with Gasteiger partial charge in [-0.15, -0.1) is 0 Å². The summed E-state index contributed by atoms with van der Waals surface area (Å²) >= 11 is 0. The van der Waals surface area contributed by atoms with Gasteiger partial charge in [-0.2, -0.15) is 0 Å². The van der Waals surface area contributed by atoms with Crippen LogP contribution in [0.5, 0.6) is 11.5 Å². The van der Waals surface area contributed by atoms with Gasteiger partial charge >= 0.3 is 0 Å². The zero-order valence-electron chi connectivity index (χ0n) is 31.0. The molecular formula is C52H38N2O. The molecule has 0 fully saturated rings. The van der Waals surface area contributed by atoms with Crippen LogP contribution in [0.1, 0.15) is 30.5 Å². The molecule has 9 aromatic rings. The highest BCUT2D eigenvalue weighted by Crippen LogP contribution is 2.61. The lowest BCUT2D eigenvalue weighted by Gasteiger charge is -2.46. The van der Waals surface area contributed by atoms with Crippen molar-refractivity contribution in [3.05, 3.63) is 193 Å². The molecule has 2 aliphatic rings. The minimum absolute atomic E-state index is 0.294. The lowest BCUT2D eigenvalue weighted by Crippen LogP contribution is -2.33. The van der Waals surface area contributed by atoms with Gasteiger partial charge in [0.15, 0.2) is 11.5 Å². The third-order valence-corrected chi connectivity index (χ3v) is 11.9. The Labute approximate surface area is 321 Å². The maximum absolute atomic E-state index is 6.96. The molecule has 0 bridgehead atoms. The van der Waals surface area contributed by atoms with E-state index in [0.717, 1.165) is 39.9 Å². The molecule has 0 atom stereocenters. The number of anilines is 6. The molecule has 0 spiro atoms. The van der Waals surface area contributed by atoms with Gasteiger partial charge < -0.3 is 14.5 Å². The van der Waals surface area contributed by atoms with Gasteiger partial charge in [0.1, 0.15) is 0 Å². The summed E-state index contributed by atoms with van der Waals surface area (Å²) in [6.07, 6.45) is 0. The first-order chi connectivity index (χ1) is 27.0. The number of ether oxygens (including phenoxy) is 1. The normalized spacial score (nSPS) is 13.6. The van der Waals surface area contributed by atoms with E-state index in [1.54, 1.807) is 0 Å². The summed E-state index contributed by atoms with van der Waals surface area (Å²) < 4.78 is 6.96. The van der Waals surface area contributed by atoms with Crippen LogP contribution in [0.4, 0.5) is 34.1 Å². The highest BCUT2D eigenvalue weighted by molar-refractivity contribution is 6.25. The largest absolute Gasteiger partial charge is 0.453 e. The van der Waals surface area contributed by atoms with E-state index in [0.29, 0.717) is 0 Å². The van der Waals surface area contributed by atoms with Crippen LogP contribution in [0.3, 0.4) is 0 Å². The standard InChI is InChI=1S/C52H38N2O/c1-33-14-13-23-48-50(33)54-47-22-12-11-21-45(47)52(2,3)46-31-38(32-49(55-48)51(46)54)53(36-26-24-35(25-27-36)34-15-5-4-6-16-34)37-28-29-43-41-19-8-7-17-39(41)40-18-9-10-20-42(40)44(43)30-37/h4-32H,1-3H3. The SMILES string of the molecule is Cc1cccc2c1N1c3ccccc3C(C)(C)c3cc(N(c4ccc(-c5ccccc5)cc4)c4ccc5c6ccccc6c6ccccc6c5c4)cc(c31)O2. The Bertz CT molecular complexity index is 2960. The molecule has 3 heteroatoms. The van der Waals surface area contributed by atoms with Gasteiger partial charge in [-0.1, -0.05) is 141 Å². The van der Waals surface area contributed by atoms with Crippen molar-refractivity contribution < 1.29 is 4.74 Å². The molecule has 0 saturated heterocycles. The van der Waals surface area contributed by atoms with E-state index in [-0.39, 0.29) is 5.41 Å². The van der Waals surface area contributed by atoms with E-state index in [9.17, 15) is 0 Å². The molecule has 0 saturated carbocycles. The summed E-state index contributed by atoms with van der Waals surface area (Å²) in [4.78, 5) is 4.85. The zero-order valence-corrected chi connectivity index (χ0v) is 31.0. The fourth-order valence-corrected chi connectivity index (χ4v) is 9.24. The summed E-state index contributed by atoms with van der Waals surface area (Å²) in [5, 5.41) is 7.55. The van der Waals surface area contributed by atoms with Crippen LogP contribution >= 0.6 is 0 Å². The Balaban J connectivity index is 1.18. The number of nitrogens with zero attached hydrogens (tertiary/aromatic N) is 2. The maximum Gasteiger partial charge on any atom is 0.153 e. The van der Waals surface area contributed by atoms with Crippen LogP contribution in [0.15, 0.2) is 176 Å². The van der Waals surface area contributed by atoms with Crippen molar-refractivity contribution in [2.24, 2.45) is 0 Å². The molecule has 262 valence electrons. The molecule has 2 aliphatic heterocycles. The zero-order chi connectivity index (χ0) is 36.8. The molecule has 0 N–H and O–H groups in total. The van der Waals surface area contributed by atoms with Crippen molar-refractivity contribution in [2.75, 3.05) is 9.80 Å². The molecule has 0 amide bonds. The van der Waals surface area contributed by atoms with Crippen LogP contribution in [0.2, 0.25) is 0 Å². The Morgan fingerprint density at radius 3 is 1.76 bits per heavy atom. The van der Waals surface area contributed by atoms with E-state index >= 15 is 0 Å². The quantitative estimate of drug-likeness (QED) is 0.169. The number of hydrogen-bond acceptors (Lipinski definition) is 3. The van der Waals surface area contributed by atoms with Crippen molar-refractivity contribution in [3.63, 3.8) is 0 Å². The predicted octanol–water partition coefficient (Wildman–Crippen LogP) is 14.8. The van der Waals surface area contributed by atoms with Crippen LogP contribution < -0.4 is 14.5 Å². The Morgan fingerprint density at radius 2 is 1.04 bits per heavy atom. The summed E-state index contributed by atoms with van der Waals surface area (Å²) in [6, 6.07) is 64.0. The highest BCUT2D eigenvalue weighted by atomic mass is 16.5. The second-order valence-electron chi connectivity index (χ2n) is 15.4. The number of fused-ring (bicyclic) bond motifs is 10. The smallest absolute Gasteiger partial charge is 0.153 e. The van der Waals surface area contributed by atoms with Crippen molar-refractivity contribution in [2.45, 2.75) is 26.2 Å². The first-order valence-corrected chi connectivity index (χ1v) is 19.1. The van der Waals surface area contributed by atoms with Crippen molar-refractivity contribution >= 4 is 66.4 Å². The van der Waals surface area contributed by atoms with Gasteiger partial charge in [-0.25, -0.2) is 0 Å². The first kappa shape index (κ1) is 31.7. The Hall–Kier alpha value is -6.84. The fourth-order valence-electron chi connectivity index (χ4n) is 9.24. The van der Waals surface area contributed by atoms with Crippen LogP contribution in [-0.2, 0) is 5.41 Å². The topological polar surface area (TPSA) is 15.7 Å². The predicted molar refractivity (Wildman–Crippen MR) is 231 cm³/mol. The van der Waals surface area contributed by atoms with Gasteiger partial charge in [0.25, 0.3) is 0 Å². The first-order valence-electron chi connectivity index (χ1n) is 19.1. The Morgan fingerprint density at radius 1 is 0.436 bits per heavy atom. The summed E-state index contributed by atoms with van der Waals surface area (Å²) in [5.41, 5.74) is 12.4. The van der Waals surface area contributed by atoms with E-state index < -0.39 is 0 Å². The van der Waals surface area contributed by atoms with E-state index in [1.165, 1.54) is 65.8 Å². The van der Waals surface area contributed by atoms with Crippen LogP contribution in [0, 0.1) is 6.92 Å². The molecule has 11 rings (SSSR count). The lowest BCUT2D eigenvalue weighted by molar-refractivity contribution is 0.471. The number of hydrogen-bond donors (Lipinski definition) is 0. The van der Waals surface area contributed by atoms with Gasteiger partial charge in [-0.05, 0) is 110 Å². The second kappa shape index (κ2) is 11.8. The average Bonchev–Trinajstić information content (AvgIpc) is 3.23. The van der Waals surface area contributed by atoms with Gasteiger partial charge in [0, 0.05) is 22.9 Å². The molecule has 9 aromatic carbocycles. The molecule has 0 aliphatic carbocycles. The summed E-state index contributed by atoms with van der Waals surface area (Å²) in [7, 11) is 0. The minimum atomic E-state index is -0.294. The molecular weight excluding hydrogens is 669 g/mol. The van der Waals surface area contributed by atoms with Gasteiger partial charge in [0.2, 0.25) is 0 Å². The van der Waals surface area contributed by atoms with Crippen LogP contribution in [-0.4, -0.2) is 0 Å². The monoisotopic (exact) mass is 706 g/mol. The molecule has 2 heterocycles. The molecule has 0 unspecified atom stereocenters. The Kier molecular flexibility index (Phi) is 6.81. The highest BCUT2D eigenvalue weighted by Gasteiger charge is 2.42. The van der Waals surface area contributed by atoms with Crippen molar-refractivity contribution in [1.29, 1.82) is 0 Å². The lowest BCUT2D eigenvalue weighted by atomic mass is 9.73. The third-order valence-electron chi connectivity index (χ3n) is 11.9. The van der Waals surface area contributed by atoms with Crippen LogP contribution in [0.25, 0.3) is 43.4 Å². The molecule has 55 heavy (non-hydrogen) atoms. The van der Waals surface area contributed by atoms with E-state index in [1.807, 2.05) is 0 Å². The second-order valence-corrected chi connectivity index (χ2v) is 15.4. The number of benzene rings is 9. The number of rotatable bonds is 4. The van der Waals surface area contributed by atoms with Crippen molar-refractivity contribution in [1.82, 2.24) is 0 Å². The number of aryl methyl sites for hydroxylation is 1. The minimum Gasteiger partial charge on any atom is -0.453 e. The average molecular weight is 707 g/mol.